The van der Waals surface area contributed by atoms with Crippen LogP contribution >= 0.6 is 23.2 Å². The molecule has 1 amide bonds. The molecule has 0 aliphatic carbocycles. The Morgan fingerprint density at radius 2 is 1.71 bits per heavy atom. The van der Waals surface area contributed by atoms with Gasteiger partial charge in [-0.3, -0.25) is 4.79 Å². The van der Waals surface area contributed by atoms with E-state index in [1.165, 1.54) is 43.3 Å². The third kappa shape index (κ3) is 6.05. The van der Waals surface area contributed by atoms with Gasteiger partial charge in [0.2, 0.25) is 9.84 Å². The van der Waals surface area contributed by atoms with Crippen LogP contribution in [0, 0.1) is 13.8 Å². The second-order valence-corrected chi connectivity index (χ2v) is 11.5. The number of carbonyl (C=O) groups excluding carboxylic acids is 1. The smallest absolute Gasteiger partial charge is 0.262 e. The normalized spacial score (nSPS) is 11.8. The van der Waals surface area contributed by atoms with Gasteiger partial charge in [0, 0.05) is 10.0 Å². The Kier molecular flexibility index (Phi) is 7.53. The van der Waals surface area contributed by atoms with Gasteiger partial charge in [-0.25, -0.2) is 27.0 Å². The molecule has 0 fully saturated rings. The van der Waals surface area contributed by atoms with Gasteiger partial charge < -0.3 is 10.1 Å². The van der Waals surface area contributed by atoms with Gasteiger partial charge in [0.05, 0.1) is 16.3 Å². The minimum Gasteiger partial charge on any atom is -0.482 e. The van der Waals surface area contributed by atoms with Gasteiger partial charge in [0.25, 0.3) is 15.9 Å². The lowest BCUT2D eigenvalue weighted by molar-refractivity contribution is -0.118. The van der Waals surface area contributed by atoms with Crippen LogP contribution in [-0.2, 0) is 24.7 Å². The van der Waals surface area contributed by atoms with Crippen LogP contribution in [0.4, 0.5) is 5.69 Å². The topological polar surface area (TPSA) is 146 Å². The zero-order valence-corrected chi connectivity index (χ0v) is 21.0. The van der Waals surface area contributed by atoms with Crippen molar-refractivity contribution in [3.8, 4) is 5.75 Å². The highest BCUT2D eigenvalue weighted by Crippen LogP contribution is 2.33. The molecule has 3 N–H and O–H groups in total. The number of carbonyl (C=O) groups is 1. The maximum Gasteiger partial charge on any atom is 0.262 e. The van der Waals surface area contributed by atoms with E-state index in [2.05, 4.69) is 10.3 Å². The van der Waals surface area contributed by atoms with Crippen molar-refractivity contribution in [2.24, 2.45) is 5.14 Å². The summed E-state index contributed by atoms with van der Waals surface area (Å²) >= 11 is 12.0. The lowest BCUT2D eigenvalue weighted by Crippen LogP contribution is -2.22. The Labute approximate surface area is 206 Å². The summed E-state index contributed by atoms with van der Waals surface area (Å²) in [6.07, 6.45) is 0. The van der Waals surface area contributed by atoms with E-state index in [4.69, 9.17) is 33.1 Å². The summed E-state index contributed by atoms with van der Waals surface area (Å²) in [7, 11) is -8.07. The van der Waals surface area contributed by atoms with E-state index < -0.39 is 32.4 Å². The van der Waals surface area contributed by atoms with Crippen LogP contribution in [0.5, 0.6) is 5.75 Å². The first kappa shape index (κ1) is 25.9. The van der Waals surface area contributed by atoms with E-state index in [0.717, 1.165) is 6.07 Å². The van der Waals surface area contributed by atoms with Gasteiger partial charge in [0.15, 0.2) is 11.6 Å². The fraction of sp³-hybridized carbons (Fsp3) is 0.143. The first-order valence-corrected chi connectivity index (χ1v) is 13.3. The van der Waals surface area contributed by atoms with Gasteiger partial charge in [-0.2, -0.15) is 0 Å². The maximum absolute atomic E-state index is 13.2. The highest BCUT2D eigenvalue weighted by molar-refractivity contribution is 7.91. The van der Waals surface area contributed by atoms with Crippen LogP contribution in [0.25, 0.3) is 0 Å². The number of primary sulfonamides is 1. The number of sulfonamides is 1. The van der Waals surface area contributed by atoms with Crippen LogP contribution in [0.15, 0.2) is 63.3 Å². The number of amides is 1. The maximum atomic E-state index is 13.2. The van der Waals surface area contributed by atoms with Crippen LogP contribution in [-0.4, -0.2) is 34.3 Å². The van der Waals surface area contributed by atoms with Crippen molar-refractivity contribution in [1.29, 1.82) is 0 Å². The lowest BCUT2D eigenvalue weighted by Gasteiger charge is -2.14. The first-order chi connectivity index (χ1) is 15.8. The van der Waals surface area contributed by atoms with Gasteiger partial charge in [-0.1, -0.05) is 23.2 Å². The van der Waals surface area contributed by atoms with Crippen molar-refractivity contribution in [2.45, 2.75) is 28.7 Å². The number of pyridine rings is 1. The molecule has 2 aromatic carbocycles. The molecule has 0 spiro atoms. The third-order valence-corrected chi connectivity index (χ3v) is 7.52. The van der Waals surface area contributed by atoms with Crippen molar-refractivity contribution in [3.63, 3.8) is 0 Å². The number of sulfone groups is 1. The minimum atomic E-state index is -4.07. The summed E-state index contributed by atoms with van der Waals surface area (Å²) in [5, 5.41) is 7.63. The van der Waals surface area contributed by atoms with E-state index in [1.54, 1.807) is 13.0 Å². The average Bonchev–Trinajstić information content (AvgIpc) is 2.72. The number of nitrogens with zero attached hydrogens (tertiary/aromatic N) is 1. The van der Waals surface area contributed by atoms with Crippen LogP contribution < -0.4 is 15.2 Å². The second kappa shape index (κ2) is 9.88. The fourth-order valence-corrected chi connectivity index (χ4v) is 5.62. The number of nitrogens with two attached hydrogens (primary N) is 1. The third-order valence-electron chi connectivity index (χ3n) is 4.51. The van der Waals surface area contributed by atoms with Gasteiger partial charge >= 0.3 is 0 Å². The summed E-state index contributed by atoms with van der Waals surface area (Å²) in [5.74, 6) is -0.721. The summed E-state index contributed by atoms with van der Waals surface area (Å²) in [6.45, 7) is 2.65. The zero-order chi connectivity index (χ0) is 25.3. The summed E-state index contributed by atoms with van der Waals surface area (Å²) in [6, 6.07) is 10.9. The molecule has 1 aromatic heterocycles. The standard InChI is InChI=1S/C21H19Cl2N3O6S2/c1-12-7-15(23)9-16(8-12)33(28,29)19-10-14(22)3-5-18(19)32-11-20(27)26-17-4-6-21(25-13(17)2)34(24,30)31/h3-10H,11H2,1-2H3,(H,26,27)(H2,24,30,31). The molecule has 13 heteroatoms. The number of hydrogen-bond acceptors (Lipinski definition) is 7. The number of ether oxygens (including phenoxy) is 1. The molecular weight excluding hydrogens is 525 g/mol. The Morgan fingerprint density at radius 3 is 2.32 bits per heavy atom. The largest absolute Gasteiger partial charge is 0.482 e. The molecule has 3 rings (SSSR count). The highest BCUT2D eigenvalue weighted by atomic mass is 35.5. The quantitative estimate of drug-likeness (QED) is 0.463. The number of halogens is 2. The van der Waals surface area contributed by atoms with Gasteiger partial charge in [0.1, 0.15) is 10.6 Å². The van der Waals surface area contributed by atoms with E-state index in [-0.39, 0.29) is 42.0 Å². The Morgan fingerprint density at radius 1 is 1.00 bits per heavy atom. The molecule has 180 valence electrons. The summed E-state index contributed by atoms with van der Waals surface area (Å²) < 4.78 is 54.8. The molecule has 3 aromatic rings. The van der Waals surface area contributed by atoms with Crippen molar-refractivity contribution < 1.29 is 26.4 Å². The minimum absolute atomic E-state index is 0.0503. The molecule has 0 saturated carbocycles. The number of nitrogens with one attached hydrogen (secondary N) is 1. The van der Waals surface area contributed by atoms with Crippen LogP contribution in [0.3, 0.4) is 0 Å². The SMILES string of the molecule is Cc1cc(Cl)cc(S(=O)(=O)c2cc(Cl)ccc2OCC(=O)Nc2ccc(S(N)(=O)=O)nc2C)c1. The fourth-order valence-electron chi connectivity index (χ4n) is 2.95. The van der Waals surface area contributed by atoms with Crippen molar-refractivity contribution in [3.05, 3.63) is 69.8 Å². The number of anilines is 1. The molecule has 9 nitrogen and oxygen atoms in total. The number of hydrogen-bond donors (Lipinski definition) is 2. The summed E-state index contributed by atoms with van der Waals surface area (Å²) in [4.78, 5) is 16.0. The predicted molar refractivity (Wildman–Crippen MR) is 128 cm³/mol. The first-order valence-electron chi connectivity index (χ1n) is 9.52. The highest BCUT2D eigenvalue weighted by Gasteiger charge is 2.24. The molecule has 0 saturated heterocycles. The second-order valence-electron chi connectivity index (χ2n) is 7.22. The van der Waals surface area contributed by atoms with E-state index >= 15 is 0 Å². The molecular formula is C21H19Cl2N3O6S2. The average molecular weight is 544 g/mol. The molecule has 0 bridgehead atoms. The predicted octanol–water partition coefficient (Wildman–Crippen LogP) is 3.50. The molecule has 0 radical (unpaired) electrons. The van der Waals surface area contributed by atoms with Crippen molar-refractivity contribution in [1.82, 2.24) is 4.98 Å². The van der Waals surface area contributed by atoms with E-state index in [9.17, 15) is 21.6 Å². The Hall–Kier alpha value is -2.70. The van der Waals surface area contributed by atoms with Crippen LogP contribution in [0.2, 0.25) is 10.0 Å². The monoisotopic (exact) mass is 543 g/mol. The molecule has 0 aliphatic heterocycles. The number of benzene rings is 2. The Balaban J connectivity index is 1.83. The Bertz CT molecular complexity index is 1470. The van der Waals surface area contributed by atoms with Crippen molar-refractivity contribution >= 4 is 54.7 Å². The van der Waals surface area contributed by atoms with E-state index in [1.807, 2.05) is 0 Å². The van der Waals surface area contributed by atoms with Crippen molar-refractivity contribution in [2.75, 3.05) is 11.9 Å². The summed E-state index contributed by atoms with van der Waals surface area (Å²) in [5.41, 5.74) is 1.10. The molecule has 0 aliphatic rings. The van der Waals surface area contributed by atoms with E-state index in [0.29, 0.717) is 5.56 Å². The lowest BCUT2D eigenvalue weighted by atomic mass is 10.2. The number of aryl methyl sites for hydroxylation is 2. The molecule has 0 atom stereocenters. The molecule has 34 heavy (non-hydrogen) atoms. The van der Waals surface area contributed by atoms with Gasteiger partial charge in [-0.05, 0) is 67.9 Å². The molecule has 1 heterocycles. The van der Waals surface area contributed by atoms with Crippen LogP contribution in [0.1, 0.15) is 11.3 Å². The number of rotatable bonds is 7. The number of aromatic nitrogens is 1. The van der Waals surface area contributed by atoms with Gasteiger partial charge in [-0.15, -0.1) is 0 Å². The zero-order valence-electron chi connectivity index (χ0n) is 17.9. The molecule has 0 unspecified atom stereocenters.